The van der Waals surface area contributed by atoms with E-state index < -0.39 is 29.0 Å². The third kappa shape index (κ3) is 5.45. The fourth-order valence-electron chi connectivity index (χ4n) is 5.49. The number of amides is 2. The number of hydrogen-bond donors (Lipinski definition) is 2. The van der Waals surface area contributed by atoms with Crippen molar-refractivity contribution < 1.29 is 24.2 Å². The molecule has 7 nitrogen and oxygen atoms in total. The van der Waals surface area contributed by atoms with Crippen LogP contribution in [0.4, 0.5) is 0 Å². The number of phenols is 1. The summed E-state index contributed by atoms with van der Waals surface area (Å²) in [5.41, 5.74) is 1.03. The molecule has 0 aliphatic carbocycles. The number of fused-ring (bicyclic) bond motifs is 1. The van der Waals surface area contributed by atoms with E-state index in [-0.39, 0.29) is 30.4 Å². The smallest absolute Gasteiger partial charge is 0.333 e. The van der Waals surface area contributed by atoms with Crippen molar-refractivity contribution in [2.75, 3.05) is 0 Å². The standard InChI is InChI=1S/C33H28N2O5S2/c36-25-14-7-9-22(19-25)21-33(34-28(37)20-26-15-8-17-41-26)31(39)35-27(16-18-42-32(33)35)30(38)40-29(23-10-3-1-4-11-23)24-12-5-2-6-13-24/h1-19,27,29,32,36H,20-21H2,(H,34,37)/t27?,32-,33?/m0/s1. The Labute approximate surface area is 251 Å². The molecule has 0 radical (unpaired) electrons. The Kier molecular flexibility index (Phi) is 7.86. The summed E-state index contributed by atoms with van der Waals surface area (Å²) >= 11 is 2.84. The molecule has 42 heavy (non-hydrogen) atoms. The Bertz CT molecular complexity index is 1570. The lowest BCUT2D eigenvalue weighted by molar-refractivity contribution is -0.171. The number of carbonyl (C=O) groups excluding carboxylic acids is 3. The van der Waals surface area contributed by atoms with Gasteiger partial charge in [-0.3, -0.25) is 9.59 Å². The zero-order valence-corrected chi connectivity index (χ0v) is 24.1. The molecule has 9 heteroatoms. The van der Waals surface area contributed by atoms with Gasteiger partial charge in [0.05, 0.1) is 6.42 Å². The van der Waals surface area contributed by atoms with Gasteiger partial charge in [-0.15, -0.1) is 23.1 Å². The number of hydrogen-bond acceptors (Lipinski definition) is 7. The van der Waals surface area contributed by atoms with Gasteiger partial charge in [0, 0.05) is 11.3 Å². The van der Waals surface area contributed by atoms with E-state index >= 15 is 0 Å². The maximum Gasteiger partial charge on any atom is 0.333 e. The number of thiophene rings is 1. The molecule has 1 aromatic heterocycles. The SMILES string of the molecule is O=C(Cc1cccs1)NC1(Cc2cccc(O)c2)C(=O)N2C(C(=O)OC(c3ccccc3)c3ccccc3)C=CS[C@H]21. The fourth-order valence-corrected chi connectivity index (χ4v) is 7.42. The minimum atomic E-state index is -1.30. The number of ether oxygens (including phenoxy) is 1. The molecule has 6 rings (SSSR count). The number of thioether (sulfide) groups is 1. The molecule has 0 spiro atoms. The van der Waals surface area contributed by atoms with Gasteiger partial charge in [-0.25, -0.2) is 4.79 Å². The Balaban J connectivity index is 1.27. The van der Waals surface area contributed by atoms with Crippen LogP contribution < -0.4 is 5.32 Å². The predicted octanol–water partition coefficient (Wildman–Crippen LogP) is 5.22. The van der Waals surface area contributed by atoms with E-state index in [1.54, 1.807) is 29.7 Å². The molecular formula is C33H28N2O5S2. The molecule has 0 saturated carbocycles. The highest BCUT2D eigenvalue weighted by Crippen LogP contribution is 2.46. The summed E-state index contributed by atoms with van der Waals surface area (Å²) in [5, 5.41) is 16.3. The van der Waals surface area contributed by atoms with Crippen molar-refractivity contribution in [2.45, 2.75) is 35.9 Å². The van der Waals surface area contributed by atoms with Gasteiger partial charge in [0.2, 0.25) is 5.91 Å². The van der Waals surface area contributed by atoms with E-state index in [4.69, 9.17) is 4.74 Å². The quantitative estimate of drug-likeness (QED) is 0.203. The summed E-state index contributed by atoms with van der Waals surface area (Å²) in [6.07, 6.45) is 1.32. The second kappa shape index (κ2) is 11.9. The molecule has 4 aromatic rings. The first kappa shape index (κ1) is 27.8. The molecule has 1 fully saturated rings. The molecule has 3 aromatic carbocycles. The Morgan fingerprint density at radius 1 is 0.952 bits per heavy atom. The highest BCUT2D eigenvalue weighted by atomic mass is 32.2. The number of aromatic hydroxyl groups is 1. The summed E-state index contributed by atoms with van der Waals surface area (Å²) in [6.45, 7) is 0. The van der Waals surface area contributed by atoms with E-state index in [1.807, 2.05) is 84.2 Å². The summed E-state index contributed by atoms with van der Waals surface area (Å²) in [5.74, 6) is -1.14. The average Bonchev–Trinajstić information content (AvgIpc) is 3.52. The first-order chi connectivity index (χ1) is 20.4. The molecule has 0 bridgehead atoms. The van der Waals surface area contributed by atoms with Gasteiger partial charge in [0.15, 0.2) is 11.6 Å². The first-order valence-electron chi connectivity index (χ1n) is 13.5. The monoisotopic (exact) mass is 596 g/mol. The molecule has 2 aliphatic heterocycles. The van der Waals surface area contributed by atoms with Crippen molar-refractivity contribution in [1.82, 2.24) is 10.2 Å². The van der Waals surface area contributed by atoms with Crippen LogP contribution in [-0.2, 0) is 32.0 Å². The molecule has 2 unspecified atom stereocenters. The van der Waals surface area contributed by atoms with Crippen LogP contribution in [0.1, 0.15) is 27.7 Å². The zero-order valence-electron chi connectivity index (χ0n) is 22.5. The Morgan fingerprint density at radius 3 is 2.31 bits per heavy atom. The number of phenolic OH excluding ortho intramolecular Hbond substituents is 1. The van der Waals surface area contributed by atoms with Crippen molar-refractivity contribution in [3.05, 3.63) is 135 Å². The number of carbonyl (C=O) groups is 3. The maximum atomic E-state index is 14.1. The number of nitrogens with zero attached hydrogens (tertiary/aromatic N) is 1. The van der Waals surface area contributed by atoms with E-state index in [2.05, 4.69) is 5.32 Å². The van der Waals surface area contributed by atoms with Crippen LogP contribution in [0.2, 0.25) is 0 Å². The van der Waals surface area contributed by atoms with Gasteiger partial charge in [-0.1, -0.05) is 78.9 Å². The summed E-state index contributed by atoms with van der Waals surface area (Å²) in [7, 11) is 0. The second-order valence-electron chi connectivity index (χ2n) is 10.2. The lowest BCUT2D eigenvalue weighted by atomic mass is 9.80. The van der Waals surface area contributed by atoms with Gasteiger partial charge in [-0.05, 0) is 51.8 Å². The molecule has 212 valence electrons. The maximum absolute atomic E-state index is 14.1. The van der Waals surface area contributed by atoms with Gasteiger partial charge in [0.1, 0.15) is 17.2 Å². The van der Waals surface area contributed by atoms with Gasteiger partial charge in [-0.2, -0.15) is 0 Å². The van der Waals surface area contributed by atoms with Crippen molar-refractivity contribution in [1.29, 1.82) is 0 Å². The van der Waals surface area contributed by atoms with Crippen molar-refractivity contribution in [3.63, 3.8) is 0 Å². The number of benzene rings is 3. The molecule has 2 aliphatic rings. The third-order valence-electron chi connectivity index (χ3n) is 7.41. The third-order valence-corrected chi connectivity index (χ3v) is 9.49. The molecule has 2 amide bonds. The highest BCUT2D eigenvalue weighted by molar-refractivity contribution is 8.03. The summed E-state index contributed by atoms with van der Waals surface area (Å²) < 4.78 is 6.10. The number of β-lactam (4-membered cyclic amide) rings is 1. The summed E-state index contributed by atoms with van der Waals surface area (Å²) in [4.78, 5) is 43.4. The Hall–Kier alpha value is -4.34. The van der Waals surface area contributed by atoms with Crippen LogP contribution in [0.5, 0.6) is 5.75 Å². The molecule has 3 heterocycles. The van der Waals surface area contributed by atoms with Crippen molar-refractivity contribution in [2.24, 2.45) is 0 Å². The topological polar surface area (TPSA) is 95.9 Å². The van der Waals surface area contributed by atoms with Crippen LogP contribution in [0, 0.1) is 0 Å². The largest absolute Gasteiger partial charge is 0.508 e. The number of rotatable bonds is 9. The summed E-state index contributed by atoms with van der Waals surface area (Å²) in [6, 6.07) is 28.4. The predicted molar refractivity (Wildman–Crippen MR) is 163 cm³/mol. The van der Waals surface area contributed by atoms with Crippen molar-refractivity contribution in [3.8, 4) is 5.75 Å². The van der Waals surface area contributed by atoms with Gasteiger partial charge in [0.25, 0.3) is 5.91 Å². The van der Waals surface area contributed by atoms with E-state index in [1.165, 1.54) is 28.0 Å². The molecule has 1 saturated heterocycles. The lowest BCUT2D eigenvalue weighted by Gasteiger charge is -2.58. The van der Waals surface area contributed by atoms with Crippen LogP contribution in [0.3, 0.4) is 0 Å². The van der Waals surface area contributed by atoms with Crippen LogP contribution in [-0.4, -0.2) is 44.7 Å². The first-order valence-corrected chi connectivity index (χ1v) is 15.3. The minimum absolute atomic E-state index is 0.0710. The minimum Gasteiger partial charge on any atom is -0.508 e. The molecule has 3 atom stereocenters. The molecular weight excluding hydrogens is 569 g/mol. The van der Waals surface area contributed by atoms with Crippen LogP contribution >= 0.6 is 23.1 Å². The van der Waals surface area contributed by atoms with E-state index in [9.17, 15) is 19.5 Å². The number of nitrogens with one attached hydrogen (secondary N) is 1. The average molecular weight is 597 g/mol. The normalized spacial score (nSPS) is 21.0. The second-order valence-corrected chi connectivity index (χ2v) is 12.3. The Morgan fingerprint density at radius 2 is 1.67 bits per heavy atom. The van der Waals surface area contributed by atoms with Gasteiger partial charge < -0.3 is 20.1 Å². The molecule has 2 N–H and O–H groups in total. The zero-order chi connectivity index (χ0) is 29.1. The van der Waals surface area contributed by atoms with Crippen molar-refractivity contribution >= 4 is 40.9 Å². The number of esters is 1. The van der Waals surface area contributed by atoms with Gasteiger partial charge >= 0.3 is 5.97 Å². The highest BCUT2D eigenvalue weighted by Gasteiger charge is 2.65. The lowest BCUT2D eigenvalue weighted by Crippen LogP contribution is -2.82. The van der Waals surface area contributed by atoms with Crippen LogP contribution in [0.25, 0.3) is 0 Å². The van der Waals surface area contributed by atoms with E-state index in [0.29, 0.717) is 5.56 Å². The fraction of sp³-hybridized carbons (Fsp3) is 0.182. The van der Waals surface area contributed by atoms with Crippen LogP contribution in [0.15, 0.2) is 114 Å². The van der Waals surface area contributed by atoms with E-state index in [0.717, 1.165) is 16.0 Å².